The van der Waals surface area contributed by atoms with Crippen LogP contribution in [0.5, 0.6) is 11.5 Å². The van der Waals surface area contributed by atoms with Crippen LogP contribution in [0.15, 0.2) is 24.4 Å². The van der Waals surface area contributed by atoms with Gasteiger partial charge in [0.15, 0.2) is 11.5 Å². The predicted molar refractivity (Wildman–Crippen MR) is 82.4 cm³/mol. The Morgan fingerprint density at radius 3 is 2.57 bits per heavy atom. The number of nitrogen functional groups attached to an aromatic ring is 2. The van der Waals surface area contributed by atoms with Crippen molar-refractivity contribution in [3.8, 4) is 11.5 Å². The number of anilines is 2. The van der Waals surface area contributed by atoms with Gasteiger partial charge in [-0.05, 0) is 31.5 Å². The molecule has 4 N–H and O–H groups in total. The van der Waals surface area contributed by atoms with Gasteiger partial charge in [-0.25, -0.2) is 4.98 Å². The Morgan fingerprint density at radius 1 is 1.19 bits per heavy atom. The minimum atomic E-state index is 0.0888. The Morgan fingerprint density at radius 2 is 1.95 bits per heavy atom. The van der Waals surface area contributed by atoms with Crippen LogP contribution in [0.1, 0.15) is 25.0 Å². The molecule has 21 heavy (non-hydrogen) atoms. The molecule has 0 saturated heterocycles. The Hall–Kier alpha value is -2.50. The maximum Gasteiger partial charge on any atom is 0.221 e. The summed E-state index contributed by atoms with van der Waals surface area (Å²) in [7, 11) is 1.62. The number of aromatic nitrogens is 2. The third kappa shape index (κ3) is 3.75. The van der Waals surface area contributed by atoms with Crippen molar-refractivity contribution in [2.45, 2.75) is 26.4 Å². The second kappa shape index (κ2) is 6.30. The van der Waals surface area contributed by atoms with Crippen LogP contribution in [-0.2, 0) is 6.42 Å². The van der Waals surface area contributed by atoms with Gasteiger partial charge in [-0.1, -0.05) is 6.07 Å². The van der Waals surface area contributed by atoms with Crippen LogP contribution < -0.4 is 20.9 Å². The van der Waals surface area contributed by atoms with Gasteiger partial charge in [0.1, 0.15) is 5.82 Å². The van der Waals surface area contributed by atoms with Crippen LogP contribution in [0.25, 0.3) is 0 Å². The average molecular weight is 288 g/mol. The highest BCUT2D eigenvalue weighted by atomic mass is 16.5. The molecule has 0 bridgehead atoms. The lowest BCUT2D eigenvalue weighted by Crippen LogP contribution is -2.07. The fraction of sp³-hybridized carbons (Fsp3) is 0.333. The van der Waals surface area contributed by atoms with Crippen LogP contribution in [0, 0.1) is 0 Å². The monoisotopic (exact) mass is 288 g/mol. The second-order valence-corrected chi connectivity index (χ2v) is 4.97. The van der Waals surface area contributed by atoms with Crippen molar-refractivity contribution in [2.75, 3.05) is 18.6 Å². The zero-order chi connectivity index (χ0) is 15.4. The molecular weight excluding hydrogens is 268 g/mol. The molecule has 6 nitrogen and oxygen atoms in total. The Balaban J connectivity index is 2.24. The summed E-state index contributed by atoms with van der Waals surface area (Å²) in [6.07, 6.45) is 2.33. The predicted octanol–water partition coefficient (Wildman–Crippen LogP) is 2.03. The van der Waals surface area contributed by atoms with E-state index in [-0.39, 0.29) is 12.1 Å². The number of hydrogen-bond acceptors (Lipinski definition) is 6. The highest BCUT2D eigenvalue weighted by Crippen LogP contribution is 2.30. The lowest BCUT2D eigenvalue weighted by Gasteiger charge is -2.14. The summed E-state index contributed by atoms with van der Waals surface area (Å²) in [5, 5.41) is 0. The van der Waals surface area contributed by atoms with E-state index in [4.69, 9.17) is 20.9 Å². The number of rotatable bonds is 5. The summed E-state index contributed by atoms with van der Waals surface area (Å²) in [5.74, 6) is 1.98. The average Bonchev–Trinajstić information content (AvgIpc) is 2.43. The van der Waals surface area contributed by atoms with E-state index in [1.165, 1.54) is 0 Å². The molecule has 0 atom stereocenters. The maximum atomic E-state index is 5.85. The largest absolute Gasteiger partial charge is 0.493 e. The first-order valence-corrected chi connectivity index (χ1v) is 6.70. The van der Waals surface area contributed by atoms with Crippen LogP contribution in [0.3, 0.4) is 0 Å². The van der Waals surface area contributed by atoms with Gasteiger partial charge in [0.05, 0.1) is 13.2 Å². The summed E-state index contributed by atoms with van der Waals surface area (Å²) in [6, 6.07) is 5.78. The molecule has 0 amide bonds. The highest BCUT2D eigenvalue weighted by molar-refractivity contribution is 5.48. The molecule has 0 radical (unpaired) electrons. The molecule has 0 unspecified atom stereocenters. The molecule has 0 aliphatic carbocycles. The number of nitrogens with two attached hydrogens (primary N) is 2. The molecule has 2 rings (SSSR count). The normalized spacial score (nSPS) is 10.7. The fourth-order valence-electron chi connectivity index (χ4n) is 1.96. The van der Waals surface area contributed by atoms with Crippen molar-refractivity contribution in [3.05, 3.63) is 35.5 Å². The number of nitrogens with zero attached hydrogens (tertiary/aromatic N) is 2. The van der Waals surface area contributed by atoms with Gasteiger partial charge in [-0.15, -0.1) is 0 Å². The topological polar surface area (TPSA) is 96.3 Å². The fourth-order valence-corrected chi connectivity index (χ4v) is 1.96. The molecule has 0 aliphatic heterocycles. The third-order valence-electron chi connectivity index (χ3n) is 2.90. The van der Waals surface area contributed by atoms with Crippen LogP contribution in [0.4, 0.5) is 11.8 Å². The van der Waals surface area contributed by atoms with Crippen LogP contribution in [-0.4, -0.2) is 23.2 Å². The van der Waals surface area contributed by atoms with E-state index >= 15 is 0 Å². The number of hydrogen-bond donors (Lipinski definition) is 2. The molecule has 1 aromatic heterocycles. The highest BCUT2D eigenvalue weighted by Gasteiger charge is 2.10. The summed E-state index contributed by atoms with van der Waals surface area (Å²) in [5.41, 5.74) is 13.2. The van der Waals surface area contributed by atoms with Gasteiger partial charge in [0.2, 0.25) is 5.95 Å². The SMILES string of the molecule is COc1cc(Cc2cnc(N)nc2N)ccc1OC(C)C. The molecule has 0 fully saturated rings. The van der Waals surface area contributed by atoms with E-state index in [0.29, 0.717) is 18.0 Å². The van der Waals surface area contributed by atoms with Crippen molar-refractivity contribution < 1.29 is 9.47 Å². The molecule has 6 heteroatoms. The number of ether oxygens (including phenoxy) is 2. The smallest absolute Gasteiger partial charge is 0.221 e. The van der Waals surface area contributed by atoms with E-state index in [0.717, 1.165) is 16.9 Å². The van der Waals surface area contributed by atoms with Crippen molar-refractivity contribution in [2.24, 2.45) is 0 Å². The van der Waals surface area contributed by atoms with E-state index in [9.17, 15) is 0 Å². The molecule has 112 valence electrons. The van der Waals surface area contributed by atoms with Gasteiger partial charge in [-0.3, -0.25) is 0 Å². The quantitative estimate of drug-likeness (QED) is 0.873. The first-order chi connectivity index (χ1) is 9.99. The lowest BCUT2D eigenvalue weighted by atomic mass is 10.1. The summed E-state index contributed by atoms with van der Waals surface area (Å²) >= 11 is 0. The van der Waals surface area contributed by atoms with Crippen molar-refractivity contribution >= 4 is 11.8 Å². The van der Waals surface area contributed by atoms with Crippen molar-refractivity contribution in [1.82, 2.24) is 9.97 Å². The zero-order valence-corrected chi connectivity index (χ0v) is 12.5. The Labute approximate surface area is 124 Å². The number of methoxy groups -OCH3 is 1. The first kappa shape index (κ1) is 14.9. The molecule has 1 heterocycles. The molecule has 0 saturated carbocycles. The standard InChI is InChI=1S/C15H20N4O2/c1-9(2)21-12-5-4-10(7-13(12)20-3)6-11-8-18-15(17)19-14(11)16/h4-5,7-9H,6H2,1-3H3,(H4,16,17,18,19). The van der Waals surface area contributed by atoms with E-state index < -0.39 is 0 Å². The maximum absolute atomic E-state index is 5.85. The second-order valence-electron chi connectivity index (χ2n) is 4.97. The van der Waals surface area contributed by atoms with E-state index in [1.54, 1.807) is 13.3 Å². The summed E-state index contributed by atoms with van der Waals surface area (Å²) < 4.78 is 11.1. The molecule has 0 aliphatic rings. The first-order valence-electron chi connectivity index (χ1n) is 6.70. The summed E-state index contributed by atoms with van der Waals surface area (Å²) in [6.45, 7) is 3.94. The Bertz CT molecular complexity index is 629. The molecular formula is C15H20N4O2. The van der Waals surface area contributed by atoms with Gasteiger partial charge < -0.3 is 20.9 Å². The lowest BCUT2D eigenvalue weighted by molar-refractivity contribution is 0.230. The van der Waals surface area contributed by atoms with E-state index in [1.807, 2.05) is 32.0 Å². The number of benzene rings is 1. The third-order valence-corrected chi connectivity index (χ3v) is 2.90. The van der Waals surface area contributed by atoms with Crippen molar-refractivity contribution in [1.29, 1.82) is 0 Å². The molecule has 1 aromatic carbocycles. The Kier molecular flexibility index (Phi) is 4.47. The van der Waals surface area contributed by atoms with Crippen LogP contribution >= 0.6 is 0 Å². The van der Waals surface area contributed by atoms with E-state index in [2.05, 4.69) is 9.97 Å². The summed E-state index contributed by atoms with van der Waals surface area (Å²) in [4.78, 5) is 7.92. The zero-order valence-electron chi connectivity index (χ0n) is 12.5. The molecule has 0 spiro atoms. The minimum Gasteiger partial charge on any atom is -0.493 e. The van der Waals surface area contributed by atoms with Gasteiger partial charge in [-0.2, -0.15) is 4.98 Å². The van der Waals surface area contributed by atoms with Crippen molar-refractivity contribution in [3.63, 3.8) is 0 Å². The molecule has 2 aromatic rings. The minimum absolute atomic E-state index is 0.0888. The van der Waals surface area contributed by atoms with Gasteiger partial charge >= 0.3 is 0 Å². The van der Waals surface area contributed by atoms with Crippen LogP contribution in [0.2, 0.25) is 0 Å². The van der Waals surface area contributed by atoms with Gasteiger partial charge in [0, 0.05) is 18.2 Å². The van der Waals surface area contributed by atoms with Gasteiger partial charge in [0.25, 0.3) is 0 Å².